The van der Waals surface area contributed by atoms with Crippen LogP contribution in [0.5, 0.6) is 0 Å². The molecular weight excluding hydrogens is 425 g/mol. The van der Waals surface area contributed by atoms with Crippen molar-refractivity contribution in [2.24, 2.45) is 11.7 Å². The molecule has 0 unspecified atom stereocenters. The Labute approximate surface area is 177 Å². The van der Waals surface area contributed by atoms with E-state index in [4.69, 9.17) is 10.2 Å². The minimum Gasteiger partial charge on any atom is -0.449 e. The first kappa shape index (κ1) is 21.0. The number of nitrogens with zero attached hydrogens (tertiary/aromatic N) is 1. The molecule has 2 aromatic carbocycles. The number of rotatable bonds is 5. The molecule has 1 fully saturated rings. The monoisotopic (exact) mass is 445 g/mol. The third-order valence-electron chi connectivity index (χ3n) is 5.34. The van der Waals surface area contributed by atoms with E-state index in [0.717, 1.165) is 12.1 Å². The van der Waals surface area contributed by atoms with Gasteiger partial charge in [-0.25, -0.2) is 12.8 Å². The Morgan fingerprint density at radius 3 is 2.35 bits per heavy atom. The molecule has 3 aromatic rings. The van der Waals surface area contributed by atoms with Gasteiger partial charge in [0, 0.05) is 24.4 Å². The van der Waals surface area contributed by atoms with Gasteiger partial charge in [-0.15, -0.1) is 0 Å². The number of sulfonamides is 1. The van der Waals surface area contributed by atoms with Gasteiger partial charge in [0.25, 0.3) is 5.91 Å². The van der Waals surface area contributed by atoms with Gasteiger partial charge < -0.3 is 15.5 Å². The van der Waals surface area contributed by atoms with E-state index < -0.39 is 27.7 Å². The number of halogens is 1. The maximum Gasteiger partial charge on any atom is 0.286 e. The first-order chi connectivity index (χ1) is 14.8. The van der Waals surface area contributed by atoms with Crippen LogP contribution in [-0.2, 0) is 14.8 Å². The number of nitrogens with two attached hydrogens (primary N) is 1. The van der Waals surface area contributed by atoms with Gasteiger partial charge in [-0.05, 0) is 49.2 Å². The number of piperidine rings is 1. The minimum atomic E-state index is -3.77. The first-order valence-electron chi connectivity index (χ1n) is 9.65. The summed E-state index contributed by atoms with van der Waals surface area (Å²) in [6, 6.07) is 11.5. The quantitative estimate of drug-likeness (QED) is 0.625. The molecular formula is C21H20FN3O5S. The normalized spacial score (nSPS) is 15.8. The predicted octanol–water partition coefficient (Wildman–Crippen LogP) is 2.71. The van der Waals surface area contributed by atoms with Gasteiger partial charge in [-0.3, -0.25) is 9.59 Å². The van der Waals surface area contributed by atoms with Crippen LogP contribution in [-0.4, -0.2) is 37.6 Å². The predicted molar refractivity (Wildman–Crippen MR) is 111 cm³/mol. The van der Waals surface area contributed by atoms with E-state index in [2.05, 4.69) is 5.32 Å². The fraction of sp³-hybridized carbons (Fsp3) is 0.238. The summed E-state index contributed by atoms with van der Waals surface area (Å²) in [5.74, 6) is -2.24. The number of benzene rings is 2. The lowest BCUT2D eigenvalue weighted by atomic mass is 9.97. The number of para-hydroxylation sites is 1. The number of hydrogen-bond acceptors (Lipinski definition) is 5. The lowest BCUT2D eigenvalue weighted by molar-refractivity contribution is -0.120. The molecule has 162 valence electrons. The van der Waals surface area contributed by atoms with Crippen LogP contribution in [0.4, 0.5) is 10.1 Å². The SMILES string of the molecule is NC(=O)c1oc2ccccc2c1NC(=O)C1CCN(S(=O)(=O)c2ccc(F)cc2)CC1. The molecule has 0 aliphatic carbocycles. The van der Waals surface area contributed by atoms with Gasteiger partial charge in [0.15, 0.2) is 0 Å². The van der Waals surface area contributed by atoms with Crippen molar-refractivity contribution in [3.05, 3.63) is 60.1 Å². The molecule has 0 spiro atoms. The summed E-state index contributed by atoms with van der Waals surface area (Å²) in [5, 5.41) is 3.29. The summed E-state index contributed by atoms with van der Waals surface area (Å²) < 4.78 is 45.3. The number of anilines is 1. The maximum atomic E-state index is 13.1. The zero-order valence-corrected chi connectivity index (χ0v) is 17.2. The van der Waals surface area contributed by atoms with Crippen LogP contribution in [0, 0.1) is 11.7 Å². The van der Waals surface area contributed by atoms with E-state index in [1.54, 1.807) is 24.3 Å². The van der Waals surface area contributed by atoms with E-state index >= 15 is 0 Å². The summed E-state index contributed by atoms with van der Waals surface area (Å²) in [7, 11) is -3.77. The summed E-state index contributed by atoms with van der Waals surface area (Å²) in [4.78, 5) is 24.6. The number of furan rings is 1. The second kappa shape index (κ2) is 8.12. The van der Waals surface area contributed by atoms with E-state index in [0.29, 0.717) is 23.8 Å². The largest absolute Gasteiger partial charge is 0.449 e. The van der Waals surface area contributed by atoms with Gasteiger partial charge >= 0.3 is 0 Å². The summed E-state index contributed by atoms with van der Waals surface area (Å²) in [6.45, 7) is 0.291. The smallest absolute Gasteiger partial charge is 0.286 e. The third-order valence-corrected chi connectivity index (χ3v) is 7.26. The molecule has 1 aliphatic rings. The molecule has 0 atom stereocenters. The van der Waals surface area contributed by atoms with Gasteiger partial charge in [0.05, 0.1) is 4.90 Å². The summed E-state index contributed by atoms with van der Waals surface area (Å²) >= 11 is 0. The number of nitrogens with one attached hydrogen (secondary N) is 1. The van der Waals surface area contributed by atoms with Crippen molar-refractivity contribution in [2.75, 3.05) is 18.4 Å². The fourth-order valence-corrected chi connectivity index (χ4v) is 5.15. The van der Waals surface area contributed by atoms with Crippen LogP contribution in [0.15, 0.2) is 57.8 Å². The Balaban J connectivity index is 1.47. The fourth-order valence-electron chi connectivity index (χ4n) is 3.68. The van der Waals surface area contributed by atoms with Gasteiger partial charge in [-0.2, -0.15) is 4.31 Å². The topological polar surface area (TPSA) is 123 Å². The molecule has 10 heteroatoms. The highest BCUT2D eigenvalue weighted by Crippen LogP contribution is 2.32. The van der Waals surface area contributed by atoms with Gasteiger partial charge in [0.2, 0.25) is 21.7 Å². The second-order valence-corrected chi connectivity index (χ2v) is 9.23. The van der Waals surface area contributed by atoms with E-state index in [1.165, 1.54) is 16.4 Å². The Kier molecular flexibility index (Phi) is 5.50. The van der Waals surface area contributed by atoms with Crippen LogP contribution < -0.4 is 11.1 Å². The van der Waals surface area contributed by atoms with Crippen molar-refractivity contribution >= 4 is 38.5 Å². The highest BCUT2D eigenvalue weighted by atomic mass is 32.2. The molecule has 1 aromatic heterocycles. The van der Waals surface area contributed by atoms with E-state index in [-0.39, 0.29) is 35.3 Å². The zero-order chi connectivity index (χ0) is 22.2. The molecule has 2 amide bonds. The molecule has 4 rings (SSSR count). The van der Waals surface area contributed by atoms with E-state index in [1.807, 2.05) is 0 Å². The lowest BCUT2D eigenvalue weighted by Gasteiger charge is -2.30. The molecule has 1 saturated heterocycles. The van der Waals surface area contributed by atoms with Crippen molar-refractivity contribution < 1.29 is 26.8 Å². The first-order valence-corrected chi connectivity index (χ1v) is 11.1. The number of fused-ring (bicyclic) bond motifs is 1. The number of primary amides is 1. The average molecular weight is 445 g/mol. The van der Waals surface area contributed by atoms with Gasteiger partial charge in [0.1, 0.15) is 17.1 Å². The summed E-state index contributed by atoms with van der Waals surface area (Å²) in [6.07, 6.45) is 0.599. The molecule has 3 N–H and O–H groups in total. The van der Waals surface area contributed by atoms with Crippen molar-refractivity contribution in [3.8, 4) is 0 Å². The molecule has 8 nitrogen and oxygen atoms in total. The molecule has 0 saturated carbocycles. The average Bonchev–Trinajstić information content (AvgIpc) is 3.13. The van der Waals surface area contributed by atoms with Gasteiger partial charge in [-0.1, -0.05) is 12.1 Å². The minimum absolute atomic E-state index is 0.00719. The molecule has 1 aliphatic heterocycles. The molecule has 31 heavy (non-hydrogen) atoms. The number of hydrogen-bond donors (Lipinski definition) is 2. The summed E-state index contributed by atoms with van der Waals surface area (Å²) in [5.41, 5.74) is 6.02. The third kappa shape index (κ3) is 4.04. The van der Waals surface area contributed by atoms with Crippen LogP contribution in [0.2, 0.25) is 0 Å². The molecule has 2 heterocycles. The van der Waals surface area contributed by atoms with E-state index in [9.17, 15) is 22.4 Å². The van der Waals surface area contributed by atoms with Crippen LogP contribution in [0.25, 0.3) is 11.0 Å². The maximum absolute atomic E-state index is 13.1. The highest BCUT2D eigenvalue weighted by Gasteiger charge is 2.33. The Morgan fingerprint density at radius 1 is 1.06 bits per heavy atom. The Hall–Kier alpha value is -3.24. The van der Waals surface area contributed by atoms with Crippen molar-refractivity contribution in [2.45, 2.75) is 17.7 Å². The number of amides is 2. The zero-order valence-electron chi connectivity index (χ0n) is 16.4. The second-order valence-electron chi connectivity index (χ2n) is 7.29. The number of carbonyl (C=O) groups excluding carboxylic acids is 2. The van der Waals surface area contributed by atoms with Crippen molar-refractivity contribution in [3.63, 3.8) is 0 Å². The Bertz CT molecular complexity index is 1250. The molecule has 0 radical (unpaired) electrons. The van der Waals surface area contributed by atoms with Crippen LogP contribution in [0.3, 0.4) is 0 Å². The lowest BCUT2D eigenvalue weighted by Crippen LogP contribution is -2.41. The van der Waals surface area contributed by atoms with Crippen LogP contribution >= 0.6 is 0 Å². The molecule has 0 bridgehead atoms. The Morgan fingerprint density at radius 2 is 1.71 bits per heavy atom. The van der Waals surface area contributed by atoms with Crippen LogP contribution in [0.1, 0.15) is 23.4 Å². The standard InChI is InChI=1S/C21H20FN3O5S/c22-14-5-7-15(8-6-14)31(28,29)25-11-9-13(10-12-25)21(27)24-18-16-3-1-2-4-17(16)30-19(18)20(23)26/h1-8,13H,9-12H2,(H2,23,26)(H,24,27). The van der Waals surface area contributed by atoms with Crippen molar-refractivity contribution in [1.82, 2.24) is 4.31 Å². The number of carbonyl (C=O) groups is 2. The van der Waals surface area contributed by atoms with Crippen molar-refractivity contribution in [1.29, 1.82) is 0 Å². The highest BCUT2D eigenvalue weighted by molar-refractivity contribution is 7.89.